The van der Waals surface area contributed by atoms with Gasteiger partial charge < -0.3 is 4.90 Å². The van der Waals surface area contributed by atoms with E-state index in [-0.39, 0.29) is 24.5 Å². The molecular formula is C20H30ClN3OS. The molecule has 2 aliphatic rings. The lowest BCUT2D eigenvalue weighted by Gasteiger charge is -2.35. The summed E-state index contributed by atoms with van der Waals surface area (Å²) < 4.78 is 0. The first-order valence-corrected chi connectivity index (χ1v) is 10.3. The molecule has 0 aromatic heterocycles. The second-order valence-corrected chi connectivity index (χ2v) is 8.47. The fourth-order valence-corrected chi connectivity index (χ4v) is 5.14. The molecule has 144 valence electrons. The van der Waals surface area contributed by atoms with Gasteiger partial charge in [0.25, 0.3) is 0 Å². The molecule has 1 saturated carbocycles. The van der Waals surface area contributed by atoms with Crippen molar-refractivity contribution >= 4 is 40.9 Å². The van der Waals surface area contributed by atoms with Gasteiger partial charge in [-0.1, -0.05) is 55.6 Å². The number of nitrogens with zero attached hydrogens (tertiary/aromatic N) is 3. The molecule has 1 amide bonds. The van der Waals surface area contributed by atoms with Crippen molar-refractivity contribution in [3.8, 4) is 0 Å². The predicted octanol–water partition coefficient (Wildman–Crippen LogP) is 4.93. The standard InChI is InChI=1S/C20H29N3OS.ClH/c1-15-19(23(16(2)24)18-13-9-6-10-14-18)22(3)20(25-15)21-17-11-7-4-5-8-12-17;/h6,9-10,13-15,17,19H,4-5,7-8,11-12H2,1-3H3;1H. The monoisotopic (exact) mass is 395 g/mol. The van der Waals surface area contributed by atoms with Crippen LogP contribution in [0.25, 0.3) is 0 Å². The molecule has 1 aliphatic heterocycles. The number of halogens is 1. The number of hydrogen-bond donors (Lipinski definition) is 0. The van der Waals surface area contributed by atoms with Gasteiger partial charge in [-0.25, -0.2) is 0 Å². The van der Waals surface area contributed by atoms with Crippen LogP contribution in [0.15, 0.2) is 35.3 Å². The lowest BCUT2D eigenvalue weighted by atomic mass is 10.1. The Labute approximate surface area is 167 Å². The SMILES string of the molecule is CC(=O)N(c1ccccc1)C1C(C)SC(=NC2CCCCCC2)N1C.Cl. The van der Waals surface area contributed by atoms with Crippen molar-refractivity contribution in [2.24, 2.45) is 4.99 Å². The first kappa shape index (κ1) is 21.1. The van der Waals surface area contributed by atoms with E-state index in [0.29, 0.717) is 11.3 Å². The number of thioether (sulfide) groups is 1. The van der Waals surface area contributed by atoms with E-state index in [1.807, 2.05) is 35.2 Å². The maximum absolute atomic E-state index is 12.4. The normalized spacial score (nSPS) is 25.7. The summed E-state index contributed by atoms with van der Waals surface area (Å²) in [5, 5.41) is 1.38. The van der Waals surface area contributed by atoms with Gasteiger partial charge in [-0.05, 0) is 31.9 Å². The van der Waals surface area contributed by atoms with Crippen LogP contribution in [0, 0.1) is 0 Å². The van der Waals surface area contributed by atoms with E-state index in [4.69, 9.17) is 4.99 Å². The van der Waals surface area contributed by atoms with Gasteiger partial charge in [0.15, 0.2) is 5.17 Å². The van der Waals surface area contributed by atoms with Crippen LogP contribution in [-0.4, -0.2) is 40.5 Å². The van der Waals surface area contributed by atoms with Gasteiger partial charge >= 0.3 is 0 Å². The Morgan fingerprint density at radius 2 is 1.77 bits per heavy atom. The molecule has 6 heteroatoms. The van der Waals surface area contributed by atoms with E-state index in [0.717, 1.165) is 10.9 Å². The van der Waals surface area contributed by atoms with Crippen molar-refractivity contribution in [3.05, 3.63) is 30.3 Å². The van der Waals surface area contributed by atoms with Gasteiger partial charge in [0, 0.05) is 24.9 Å². The molecular weight excluding hydrogens is 366 g/mol. The number of amidine groups is 1. The number of benzene rings is 1. The Morgan fingerprint density at radius 3 is 2.35 bits per heavy atom. The molecule has 2 fully saturated rings. The largest absolute Gasteiger partial charge is 0.333 e. The number of carbonyl (C=O) groups is 1. The molecule has 0 bridgehead atoms. The summed E-state index contributed by atoms with van der Waals surface area (Å²) in [5.41, 5.74) is 0.954. The van der Waals surface area contributed by atoms with E-state index in [2.05, 4.69) is 18.9 Å². The summed E-state index contributed by atoms with van der Waals surface area (Å²) in [6.45, 7) is 3.85. The summed E-state index contributed by atoms with van der Waals surface area (Å²) in [7, 11) is 2.08. The van der Waals surface area contributed by atoms with E-state index in [1.54, 1.807) is 18.7 Å². The highest BCUT2D eigenvalue weighted by atomic mass is 35.5. The van der Waals surface area contributed by atoms with Gasteiger partial charge in [0.2, 0.25) is 5.91 Å². The summed E-state index contributed by atoms with van der Waals surface area (Å²) in [5.74, 6) is 0.0752. The van der Waals surface area contributed by atoms with Crippen molar-refractivity contribution in [1.82, 2.24) is 4.90 Å². The molecule has 26 heavy (non-hydrogen) atoms. The molecule has 3 rings (SSSR count). The smallest absolute Gasteiger partial charge is 0.225 e. The summed E-state index contributed by atoms with van der Waals surface area (Å²) in [6, 6.07) is 10.4. The highest BCUT2D eigenvalue weighted by Gasteiger charge is 2.40. The molecule has 1 aromatic carbocycles. The maximum Gasteiger partial charge on any atom is 0.225 e. The number of para-hydroxylation sites is 1. The lowest BCUT2D eigenvalue weighted by molar-refractivity contribution is -0.117. The zero-order valence-corrected chi connectivity index (χ0v) is 17.6. The number of rotatable bonds is 3. The Balaban J connectivity index is 0.00000243. The molecule has 0 spiro atoms. The second-order valence-electron chi connectivity index (χ2n) is 7.13. The fraction of sp³-hybridized carbons (Fsp3) is 0.600. The van der Waals surface area contributed by atoms with Crippen LogP contribution in [-0.2, 0) is 4.79 Å². The number of amides is 1. The highest BCUT2D eigenvalue weighted by molar-refractivity contribution is 8.14. The van der Waals surface area contributed by atoms with E-state index in [1.165, 1.54) is 38.5 Å². The topological polar surface area (TPSA) is 35.9 Å². The zero-order valence-electron chi connectivity index (χ0n) is 15.9. The van der Waals surface area contributed by atoms with E-state index >= 15 is 0 Å². The highest BCUT2D eigenvalue weighted by Crippen LogP contribution is 2.35. The van der Waals surface area contributed by atoms with Crippen molar-refractivity contribution in [2.75, 3.05) is 11.9 Å². The summed E-state index contributed by atoms with van der Waals surface area (Å²) in [4.78, 5) is 21.6. The molecule has 1 heterocycles. The number of anilines is 1. The molecule has 1 saturated heterocycles. The van der Waals surface area contributed by atoms with Crippen LogP contribution in [0.1, 0.15) is 52.4 Å². The minimum Gasteiger partial charge on any atom is -0.333 e. The van der Waals surface area contributed by atoms with Crippen LogP contribution in [0.4, 0.5) is 5.69 Å². The van der Waals surface area contributed by atoms with Gasteiger partial charge in [0.1, 0.15) is 6.17 Å². The molecule has 2 atom stereocenters. The fourth-order valence-electron chi connectivity index (χ4n) is 3.90. The minimum atomic E-state index is 0. The van der Waals surface area contributed by atoms with Gasteiger partial charge in [-0.2, -0.15) is 0 Å². The average Bonchev–Trinajstić information content (AvgIpc) is 2.79. The summed E-state index contributed by atoms with van der Waals surface area (Å²) in [6.07, 6.45) is 7.68. The summed E-state index contributed by atoms with van der Waals surface area (Å²) >= 11 is 1.80. The van der Waals surface area contributed by atoms with Crippen LogP contribution in [0.3, 0.4) is 0 Å². The number of hydrogen-bond acceptors (Lipinski definition) is 3. The maximum atomic E-state index is 12.4. The van der Waals surface area contributed by atoms with Crippen molar-refractivity contribution < 1.29 is 4.79 Å². The third kappa shape index (κ3) is 4.74. The zero-order chi connectivity index (χ0) is 17.8. The van der Waals surface area contributed by atoms with Gasteiger partial charge in [-0.15, -0.1) is 12.4 Å². The quantitative estimate of drug-likeness (QED) is 0.680. The van der Waals surface area contributed by atoms with E-state index < -0.39 is 0 Å². The van der Waals surface area contributed by atoms with Crippen LogP contribution < -0.4 is 4.90 Å². The molecule has 0 N–H and O–H groups in total. The lowest BCUT2D eigenvalue weighted by Crippen LogP contribution is -2.50. The minimum absolute atomic E-state index is 0. The molecule has 4 nitrogen and oxygen atoms in total. The Bertz CT molecular complexity index is 617. The van der Waals surface area contributed by atoms with Crippen molar-refractivity contribution in [1.29, 1.82) is 0 Å². The van der Waals surface area contributed by atoms with Gasteiger partial charge in [0.05, 0.1) is 6.04 Å². The van der Waals surface area contributed by atoms with Crippen LogP contribution >= 0.6 is 24.2 Å². The average molecular weight is 396 g/mol. The van der Waals surface area contributed by atoms with E-state index in [9.17, 15) is 4.79 Å². The molecule has 1 aliphatic carbocycles. The van der Waals surface area contributed by atoms with Crippen LogP contribution in [0.2, 0.25) is 0 Å². The van der Waals surface area contributed by atoms with Gasteiger partial charge in [-0.3, -0.25) is 14.7 Å². The Hall–Kier alpha value is -1.20. The number of carbonyl (C=O) groups excluding carboxylic acids is 1. The second kappa shape index (κ2) is 9.65. The number of aliphatic imine (C=N–C) groups is 1. The van der Waals surface area contributed by atoms with Crippen molar-refractivity contribution in [2.45, 2.75) is 69.8 Å². The predicted molar refractivity (Wildman–Crippen MR) is 114 cm³/mol. The first-order valence-electron chi connectivity index (χ1n) is 9.40. The Morgan fingerprint density at radius 1 is 1.15 bits per heavy atom. The third-order valence-corrected chi connectivity index (χ3v) is 6.38. The third-order valence-electron chi connectivity index (χ3n) is 5.17. The molecule has 2 unspecified atom stereocenters. The van der Waals surface area contributed by atoms with Crippen molar-refractivity contribution in [3.63, 3.8) is 0 Å². The Kier molecular flexibility index (Phi) is 7.84. The first-order chi connectivity index (χ1) is 12.1. The van der Waals surface area contributed by atoms with Crippen LogP contribution in [0.5, 0.6) is 0 Å². The molecule has 1 aromatic rings. The molecule has 0 radical (unpaired) electrons.